The summed E-state index contributed by atoms with van der Waals surface area (Å²) < 4.78 is 24.0. The number of H-pyrrole nitrogens is 1. The van der Waals surface area contributed by atoms with Crippen molar-refractivity contribution >= 4 is 15.7 Å². The van der Waals surface area contributed by atoms with Crippen molar-refractivity contribution < 1.29 is 13.2 Å². The normalized spacial score (nSPS) is 11.5. The molecule has 29 heavy (non-hydrogen) atoms. The minimum atomic E-state index is -3.29. The fourth-order valence-corrected chi connectivity index (χ4v) is 4.54. The van der Waals surface area contributed by atoms with Gasteiger partial charge in [0, 0.05) is 24.8 Å². The van der Waals surface area contributed by atoms with Crippen LogP contribution in [0.2, 0.25) is 0 Å². The summed E-state index contributed by atoms with van der Waals surface area (Å²) in [5.74, 6) is -0.568. The van der Waals surface area contributed by atoms with Crippen LogP contribution >= 0.6 is 0 Å². The van der Waals surface area contributed by atoms with Gasteiger partial charge in [-0.1, -0.05) is 56.5 Å². The van der Waals surface area contributed by atoms with Gasteiger partial charge in [-0.3, -0.25) is 9.89 Å². The van der Waals surface area contributed by atoms with Crippen molar-refractivity contribution in [3.63, 3.8) is 0 Å². The van der Waals surface area contributed by atoms with E-state index in [1.54, 1.807) is 11.9 Å². The van der Waals surface area contributed by atoms with Crippen molar-refractivity contribution in [3.05, 3.63) is 42.1 Å². The monoisotopic (exact) mass is 419 g/mol. The maximum atomic E-state index is 12.1. The van der Waals surface area contributed by atoms with E-state index in [-0.39, 0.29) is 17.4 Å². The van der Waals surface area contributed by atoms with E-state index in [0.29, 0.717) is 13.0 Å². The van der Waals surface area contributed by atoms with Gasteiger partial charge in [0.25, 0.3) is 0 Å². The second kappa shape index (κ2) is 11.8. The van der Waals surface area contributed by atoms with Gasteiger partial charge in [0.15, 0.2) is 9.84 Å². The van der Waals surface area contributed by atoms with E-state index >= 15 is 0 Å². The molecule has 0 unspecified atom stereocenters. The Labute approximate surface area is 174 Å². The summed E-state index contributed by atoms with van der Waals surface area (Å²) in [7, 11) is -1.61. The summed E-state index contributed by atoms with van der Waals surface area (Å²) in [6, 6.07) is 12.1. The summed E-state index contributed by atoms with van der Waals surface area (Å²) in [4.78, 5) is 13.7. The molecule has 1 aromatic heterocycles. The third kappa shape index (κ3) is 8.40. The largest absolute Gasteiger partial charge is 0.345 e. The number of nitrogens with zero attached hydrogens (tertiary/aromatic N) is 2. The molecule has 160 valence electrons. The molecule has 0 saturated carbocycles. The molecule has 0 bridgehead atoms. The number of hydrogen-bond donors (Lipinski definition) is 1. The molecule has 1 heterocycles. The zero-order chi connectivity index (χ0) is 21.1. The van der Waals surface area contributed by atoms with Crippen LogP contribution in [0.3, 0.4) is 0 Å². The fraction of sp³-hybridized carbons (Fsp3) is 0.545. The SMILES string of the molecule is CCCCCS(=O)(=O)CC(=O)N(C)CCCCCc1cc(-c2ccccc2)n[nH]1. The molecule has 0 aliphatic carbocycles. The summed E-state index contributed by atoms with van der Waals surface area (Å²) in [5.41, 5.74) is 3.15. The predicted molar refractivity (Wildman–Crippen MR) is 117 cm³/mol. The Morgan fingerprint density at radius 2 is 1.83 bits per heavy atom. The number of amides is 1. The molecule has 0 spiro atoms. The second-order valence-electron chi connectivity index (χ2n) is 7.57. The third-order valence-corrected chi connectivity index (χ3v) is 6.57. The van der Waals surface area contributed by atoms with Crippen LogP contribution in [0.1, 0.15) is 51.1 Å². The summed E-state index contributed by atoms with van der Waals surface area (Å²) >= 11 is 0. The van der Waals surface area contributed by atoms with Crippen molar-refractivity contribution in [3.8, 4) is 11.3 Å². The van der Waals surface area contributed by atoms with Crippen LogP contribution in [0, 0.1) is 0 Å². The number of carbonyl (C=O) groups excluding carboxylic acids is 1. The van der Waals surface area contributed by atoms with E-state index in [9.17, 15) is 13.2 Å². The standard InChI is InChI=1S/C22H33N3O3S/c1-3-4-11-16-29(27,28)18-22(26)25(2)15-10-6-9-14-20-17-21(24-23-20)19-12-7-5-8-13-19/h5,7-8,12-13,17H,3-4,6,9-11,14-16,18H2,1-2H3,(H,23,24). The van der Waals surface area contributed by atoms with Crippen molar-refractivity contribution in [2.24, 2.45) is 0 Å². The molecule has 2 aromatic rings. The topological polar surface area (TPSA) is 83.1 Å². The second-order valence-corrected chi connectivity index (χ2v) is 9.75. The van der Waals surface area contributed by atoms with Gasteiger partial charge in [0.2, 0.25) is 5.91 Å². The molecule has 0 atom stereocenters. The van der Waals surface area contributed by atoms with Crippen molar-refractivity contribution in [1.82, 2.24) is 15.1 Å². The number of sulfone groups is 1. The van der Waals surface area contributed by atoms with Crippen LogP contribution in [0.4, 0.5) is 0 Å². The lowest BCUT2D eigenvalue weighted by molar-refractivity contribution is -0.127. The van der Waals surface area contributed by atoms with Crippen LogP contribution in [0.25, 0.3) is 11.3 Å². The molecule has 0 radical (unpaired) electrons. The van der Waals surface area contributed by atoms with Crippen molar-refractivity contribution in [2.45, 2.75) is 51.9 Å². The van der Waals surface area contributed by atoms with Gasteiger partial charge >= 0.3 is 0 Å². The molecule has 1 N–H and O–H groups in total. The maximum Gasteiger partial charge on any atom is 0.237 e. The Hall–Kier alpha value is -2.15. The van der Waals surface area contributed by atoms with Crippen LogP contribution in [0.15, 0.2) is 36.4 Å². The average Bonchev–Trinajstić information content (AvgIpc) is 3.17. The van der Waals surface area contributed by atoms with E-state index in [2.05, 4.69) is 16.3 Å². The lowest BCUT2D eigenvalue weighted by Gasteiger charge is -2.17. The predicted octanol–water partition coefficient (Wildman–Crippen LogP) is 3.85. The molecule has 6 nitrogen and oxygen atoms in total. The Morgan fingerprint density at radius 1 is 1.07 bits per heavy atom. The first-order valence-corrected chi connectivity index (χ1v) is 12.3. The van der Waals surface area contributed by atoms with Gasteiger partial charge in [0.1, 0.15) is 5.75 Å². The third-order valence-electron chi connectivity index (χ3n) is 4.97. The van der Waals surface area contributed by atoms with E-state index < -0.39 is 9.84 Å². The molecule has 0 aliphatic heterocycles. The van der Waals surface area contributed by atoms with Crippen molar-refractivity contribution in [2.75, 3.05) is 25.1 Å². The highest BCUT2D eigenvalue weighted by Crippen LogP contribution is 2.18. The molecule has 0 saturated heterocycles. The van der Waals surface area contributed by atoms with Crippen LogP contribution in [-0.4, -0.2) is 54.5 Å². The number of aryl methyl sites for hydroxylation is 1. The molecule has 2 rings (SSSR count). The maximum absolute atomic E-state index is 12.1. The smallest absolute Gasteiger partial charge is 0.237 e. The highest BCUT2D eigenvalue weighted by Gasteiger charge is 2.19. The Morgan fingerprint density at radius 3 is 2.55 bits per heavy atom. The zero-order valence-corrected chi connectivity index (χ0v) is 18.4. The van der Waals surface area contributed by atoms with Gasteiger partial charge in [-0.25, -0.2) is 8.42 Å². The summed E-state index contributed by atoms with van der Waals surface area (Å²) in [6.07, 6.45) is 6.22. The lowest BCUT2D eigenvalue weighted by Crippen LogP contribution is -2.34. The van der Waals surface area contributed by atoms with Crippen molar-refractivity contribution in [1.29, 1.82) is 0 Å². The number of aromatic nitrogens is 2. The summed E-state index contributed by atoms with van der Waals surface area (Å²) in [5, 5.41) is 7.45. The van der Waals surface area contributed by atoms with E-state index in [0.717, 1.165) is 55.5 Å². The Balaban J connectivity index is 1.65. The van der Waals surface area contributed by atoms with Crippen LogP contribution in [0.5, 0.6) is 0 Å². The number of hydrogen-bond acceptors (Lipinski definition) is 4. The molecule has 7 heteroatoms. The Kier molecular flexibility index (Phi) is 9.38. The summed E-state index contributed by atoms with van der Waals surface area (Å²) in [6.45, 7) is 2.61. The first-order chi connectivity index (χ1) is 13.9. The van der Waals surface area contributed by atoms with Crippen LogP contribution < -0.4 is 0 Å². The van der Waals surface area contributed by atoms with Gasteiger partial charge in [-0.05, 0) is 31.7 Å². The number of rotatable bonds is 13. The quantitative estimate of drug-likeness (QED) is 0.500. The number of benzene rings is 1. The van der Waals surface area contributed by atoms with Crippen LogP contribution in [-0.2, 0) is 21.1 Å². The van der Waals surface area contributed by atoms with Gasteiger partial charge in [-0.2, -0.15) is 5.10 Å². The Bertz CT molecular complexity index is 847. The molecular formula is C22H33N3O3S. The number of unbranched alkanes of at least 4 members (excludes halogenated alkanes) is 4. The van der Waals surface area contributed by atoms with E-state index in [4.69, 9.17) is 0 Å². The first-order valence-electron chi connectivity index (χ1n) is 10.5. The highest BCUT2D eigenvalue weighted by atomic mass is 32.2. The minimum absolute atomic E-state index is 0.107. The van der Waals surface area contributed by atoms with E-state index in [1.807, 2.05) is 37.3 Å². The number of carbonyl (C=O) groups is 1. The molecule has 0 fully saturated rings. The number of aromatic amines is 1. The van der Waals surface area contributed by atoms with Gasteiger partial charge < -0.3 is 4.90 Å². The van der Waals surface area contributed by atoms with E-state index in [1.165, 1.54) is 0 Å². The first kappa shape index (κ1) is 23.1. The lowest BCUT2D eigenvalue weighted by atomic mass is 10.1. The molecule has 1 aromatic carbocycles. The number of nitrogens with one attached hydrogen (secondary N) is 1. The molecule has 0 aliphatic rings. The molecular weight excluding hydrogens is 386 g/mol. The minimum Gasteiger partial charge on any atom is -0.345 e. The highest BCUT2D eigenvalue weighted by molar-refractivity contribution is 7.92. The van der Waals surface area contributed by atoms with Gasteiger partial charge in [0.05, 0.1) is 11.4 Å². The zero-order valence-electron chi connectivity index (χ0n) is 17.6. The fourth-order valence-electron chi connectivity index (χ4n) is 3.15. The average molecular weight is 420 g/mol. The van der Waals surface area contributed by atoms with Gasteiger partial charge in [-0.15, -0.1) is 0 Å². The molecule has 1 amide bonds.